The lowest BCUT2D eigenvalue weighted by atomic mass is 10.2. The lowest BCUT2D eigenvalue weighted by Gasteiger charge is -2.26. The van der Waals surface area contributed by atoms with Crippen LogP contribution in [0.1, 0.15) is 5.56 Å². The molecule has 3 heterocycles. The zero-order valence-electron chi connectivity index (χ0n) is 10.0. The first-order chi connectivity index (χ1) is 9.29. The number of fused-ring (bicyclic) bond motifs is 1. The molecule has 0 saturated carbocycles. The Labute approximate surface area is 114 Å². The maximum Gasteiger partial charge on any atom is 0.227 e. The van der Waals surface area contributed by atoms with Crippen molar-refractivity contribution >= 4 is 28.5 Å². The Morgan fingerprint density at radius 3 is 2.79 bits per heavy atom. The van der Waals surface area contributed by atoms with Gasteiger partial charge in [0, 0.05) is 25.5 Å². The summed E-state index contributed by atoms with van der Waals surface area (Å²) in [5.41, 5.74) is 0.940. The first-order valence-electron chi connectivity index (χ1n) is 5.83. The van der Waals surface area contributed by atoms with Gasteiger partial charge in [0.2, 0.25) is 5.95 Å². The Morgan fingerprint density at radius 2 is 2.05 bits per heavy atom. The fourth-order valence-electron chi connectivity index (χ4n) is 1.98. The number of rotatable bonds is 1. The third-order valence-electron chi connectivity index (χ3n) is 2.96. The molecule has 1 aliphatic rings. The average molecular weight is 276 g/mol. The highest BCUT2D eigenvalue weighted by Crippen LogP contribution is 2.25. The number of morpholine rings is 1. The third kappa shape index (κ3) is 2.18. The molecule has 2 aromatic rings. The molecule has 0 radical (unpaired) electrons. The highest BCUT2D eigenvalue weighted by atomic mass is 35.5. The van der Waals surface area contributed by atoms with Crippen molar-refractivity contribution < 1.29 is 4.74 Å². The topological polar surface area (TPSA) is 74.9 Å². The molecule has 1 fully saturated rings. The van der Waals surface area contributed by atoms with Gasteiger partial charge in [-0.05, 0) is 0 Å². The molecule has 2 aromatic heterocycles. The van der Waals surface area contributed by atoms with E-state index in [-0.39, 0.29) is 0 Å². The molecule has 1 aliphatic heterocycles. The van der Waals surface area contributed by atoms with Crippen molar-refractivity contribution in [1.29, 1.82) is 5.26 Å². The summed E-state index contributed by atoms with van der Waals surface area (Å²) in [4.78, 5) is 14.7. The van der Waals surface area contributed by atoms with E-state index >= 15 is 0 Å². The van der Waals surface area contributed by atoms with Crippen molar-refractivity contribution in [2.75, 3.05) is 31.2 Å². The van der Waals surface area contributed by atoms with Gasteiger partial charge in [0.05, 0.1) is 29.7 Å². The van der Waals surface area contributed by atoms with E-state index in [1.54, 1.807) is 6.20 Å². The molecule has 3 rings (SSSR count). The van der Waals surface area contributed by atoms with Crippen LogP contribution in [0.3, 0.4) is 0 Å². The molecule has 0 spiro atoms. The number of hydrogen-bond acceptors (Lipinski definition) is 6. The fourth-order valence-corrected chi connectivity index (χ4v) is 2.20. The Balaban J connectivity index is 2.14. The van der Waals surface area contributed by atoms with E-state index in [2.05, 4.69) is 21.0 Å². The van der Waals surface area contributed by atoms with Crippen LogP contribution < -0.4 is 4.90 Å². The predicted octanol–water partition coefficient (Wildman–Crippen LogP) is 1.39. The molecule has 1 saturated heterocycles. The number of anilines is 1. The minimum Gasteiger partial charge on any atom is -0.378 e. The first kappa shape index (κ1) is 12.1. The summed E-state index contributed by atoms with van der Waals surface area (Å²) in [5, 5.41) is 10.0. The van der Waals surface area contributed by atoms with Gasteiger partial charge in [-0.1, -0.05) is 11.6 Å². The van der Waals surface area contributed by atoms with Crippen molar-refractivity contribution in [1.82, 2.24) is 15.0 Å². The van der Waals surface area contributed by atoms with Gasteiger partial charge in [0.1, 0.15) is 11.2 Å². The van der Waals surface area contributed by atoms with E-state index in [0.29, 0.717) is 40.8 Å². The Bertz CT molecular complexity index is 663. The molecular formula is C12H10ClN5O. The molecule has 0 aliphatic carbocycles. The van der Waals surface area contributed by atoms with E-state index in [1.165, 1.54) is 6.20 Å². The maximum absolute atomic E-state index is 9.10. The standard InChI is InChI=1S/C12H10ClN5O/c13-11-9-7-15-6-8(5-14)10(9)16-12(17-11)18-1-3-19-4-2-18/h6-7H,1-4H2. The molecule has 0 unspecified atom stereocenters. The SMILES string of the molecule is N#Cc1cncc2c(Cl)nc(N3CCOCC3)nc12. The molecule has 0 N–H and O–H groups in total. The second-order valence-electron chi connectivity index (χ2n) is 4.11. The Morgan fingerprint density at radius 1 is 1.26 bits per heavy atom. The molecule has 7 heteroatoms. The van der Waals surface area contributed by atoms with Crippen LogP contribution in [0.2, 0.25) is 5.15 Å². The Kier molecular flexibility index (Phi) is 3.15. The van der Waals surface area contributed by atoms with Crippen LogP contribution in [0.4, 0.5) is 5.95 Å². The molecule has 0 aromatic carbocycles. The molecule has 0 bridgehead atoms. The van der Waals surface area contributed by atoms with Gasteiger partial charge >= 0.3 is 0 Å². The number of nitriles is 1. The number of hydrogen-bond donors (Lipinski definition) is 0. The highest BCUT2D eigenvalue weighted by Gasteiger charge is 2.17. The quantitative estimate of drug-likeness (QED) is 0.732. The van der Waals surface area contributed by atoms with Crippen molar-refractivity contribution in [2.24, 2.45) is 0 Å². The van der Waals surface area contributed by atoms with Gasteiger partial charge in [-0.3, -0.25) is 4.98 Å². The number of pyridine rings is 1. The second kappa shape index (κ2) is 4.96. The highest BCUT2D eigenvalue weighted by molar-refractivity contribution is 6.34. The van der Waals surface area contributed by atoms with Crippen LogP contribution in [-0.4, -0.2) is 41.3 Å². The van der Waals surface area contributed by atoms with Crippen LogP contribution in [0, 0.1) is 11.3 Å². The summed E-state index contributed by atoms with van der Waals surface area (Å²) in [6.07, 6.45) is 3.05. The van der Waals surface area contributed by atoms with E-state index in [4.69, 9.17) is 21.6 Å². The zero-order valence-corrected chi connectivity index (χ0v) is 10.8. The fraction of sp³-hybridized carbons (Fsp3) is 0.333. The molecule has 96 valence electrons. The van der Waals surface area contributed by atoms with E-state index in [0.717, 1.165) is 13.1 Å². The number of aromatic nitrogens is 3. The summed E-state index contributed by atoms with van der Waals surface area (Å²) in [6, 6.07) is 2.07. The van der Waals surface area contributed by atoms with Crippen molar-refractivity contribution in [2.45, 2.75) is 0 Å². The van der Waals surface area contributed by atoms with Crippen LogP contribution in [0.15, 0.2) is 12.4 Å². The molecule has 0 atom stereocenters. The largest absolute Gasteiger partial charge is 0.378 e. The third-order valence-corrected chi connectivity index (χ3v) is 3.25. The van der Waals surface area contributed by atoms with Crippen LogP contribution >= 0.6 is 11.6 Å². The van der Waals surface area contributed by atoms with Gasteiger partial charge in [-0.25, -0.2) is 9.97 Å². The summed E-state index contributed by atoms with van der Waals surface area (Å²) < 4.78 is 5.29. The first-order valence-corrected chi connectivity index (χ1v) is 6.21. The molecule has 0 amide bonds. The van der Waals surface area contributed by atoms with Crippen LogP contribution in [0.25, 0.3) is 10.9 Å². The molecule has 6 nitrogen and oxygen atoms in total. The lowest BCUT2D eigenvalue weighted by Crippen LogP contribution is -2.37. The average Bonchev–Trinajstić information content (AvgIpc) is 2.47. The van der Waals surface area contributed by atoms with E-state index in [9.17, 15) is 0 Å². The minimum atomic E-state index is 0.316. The van der Waals surface area contributed by atoms with E-state index in [1.807, 2.05) is 4.90 Å². The summed E-state index contributed by atoms with van der Waals surface area (Å²) >= 11 is 6.15. The van der Waals surface area contributed by atoms with Crippen molar-refractivity contribution in [3.8, 4) is 6.07 Å². The van der Waals surface area contributed by atoms with Gasteiger partial charge in [-0.15, -0.1) is 0 Å². The van der Waals surface area contributed by atoms with Gasteiger partial charge in [0.15, 0.2) is 0 Å². The molecule has 19 heavy (non-hydrogen) atoms. The van der Waals surface area contributed by atoms with Crippen molar-refractivity contribution in [3.05, 3.63) is 23.1 Å². The number of nitrogens with zero attached hydrogens (tertiary/aromatic N) is 5. The van der Waals surface area contributed by atoms with Crippen LogP contribution in [0.5, 0.6) is 0 Å². The zero-order chi connectivity index (χ0) is 13.2. The van der Waals surface area contributed by atoms with E-state index < -0.39 is 0 Å². The summed E-state index contributed by atoms with van der Waals surface area (Å²) in [5.74, 6) is 0.531. The molecular weight excluding hydrogens is 266 g/mol. The number of halogens is 1. The summed E-state index contributed by atoms with van der Waals surface area (Å²) in [7, 11) is 0. The van der Waals surface area contributed by atoms with Crippen molar-refractivity contribution in [3.63, 3.8) is 0 Å². The normalized spacial score (nSPS) is 15.5. The minimum absolute atomic E-state index is 0.316. The van der Waals surface area contributed by atoms with Gasteiger partial charge < -0.3 is 9.64 Å². The number of ether oxygens (including phenoxy) is 1. The predicted molar refractivity (Wildman–Crippen MR) is 70.1 cm³/mol. The van der Waals surface area contributed by atoms with Gasteiger partial charge in [-0.2, -0.15) is 5.26 Å². The Hall–Kier alpha value is -1.97. The lowest BCUT2D eigenvalue weighted by molar-refractivity contribution is 0.122. The monoisotopic (exact) mass is 275 g/mol. The van der Waals surface area contributed by atoms with Crippen LogP contribution in [-0.2, 0) is 4.74 Å². The summed E-state index contributed by atoms with van der Waals surface area (Å²) in [6.45, 7) is 2.71. The second-order valence-corrected chi connectivity index (χ2v) is 4.47. The maximum atomic E-state index is 9.10. The smallest absolute Gasteiger partial charge is 0.227 e. The van der Waals surface area contributed by atoms with Gasteiger partial charge in [0.25, 0.3) is 0 Å².